The SMILES string of the molecule is CNc1nnc(CC(=O)NC2CCCc3nc(C)ncc32)s1. The minimum Gasteiger partial charge on any atom is -0.363 e. The summed E-state index contributed by atoms with van der Waals surface area (Å²) in [5.41, 5.74) is 2.09. The molecule has 0 bridgehead atoms. The van der Waals surface area contributed by atoms with Crippen LogP contribution in [0, 0.1) is 6.92 Å². The van der Waals surface area contributed by atoms with E-state index in [2.05, 4.69) is 30.8 Å². The number of carbonyl (C=O) groups is 1. The van der Waals surface area contributed by atoms with Crippen LogP contribution in [0.2, 0.25) is 0 Å². The Morgan fingerprint density at radius 3 is 3.09 bits per heavy atom. The fourth-order valence-corrected chi connectivity index (χ4v) is 3.30. The normalized spacial score (nSPS) is 16.9. The van der Waals surface area contributed by atoms with Gasteiger partial charge in [0.1, 0.15) is 10.8 Å². The highest BCUT2D eigenvalue weighted by Gasteiger charge is 2.23. The molecule has 8 heteroatoms. The van der Waals surface area contributed by atoms with Gasteiger partial charge in [0.05, 0.1) is 12.5 Å². The summed E-state index contributed by atoms with van der Waals surface area (Å²) < 4.78 is 0. The number of carbonyl (C=O) groups excluding carboxylic acids is 1. The zero-order valence-electron chi connectivity index (χ0n) is 12.6. The number of amides is 1. The van der Waals surface area contributed by atoms with Crippen molar-refractivity contribution in [2.75, 3.05) is 12.4 Å². The van der Waals surface area contributed by atoms with E-state index in [1.165, 1.54) is 11.3 Å². The third-order valence-electron chi connectivity index (χ3n) is 3.63. The van der Waals surface area contributed by atoms with Gasteiger partial charge in [-0.05, 0) is 26.2 Å². The molecule has 0 aromatic carbocycles. The first-order chi connectivity index (χ1) is 10.7. The maximum Gasteiger partial charge on any atom is 0.227 e. The molecule has 7 nitrogen and oxygen atoms in total. The number of nitrogens with one attached hydrogen (secondary N) is 2. The highest BCUT2D eigenvalue weighted by atomic mass is 32.1. The van der Waals surface area contributed by atoms with Gasteiger partial charge < -0.3 is 10.6 Å². The largest absolute Gasteiger partial charge is 0.363 e. The van der Waals surface area contributed by atoms with Crippen LogP contribution in [-0.2, 0) is 17.6 Å². The molecule has 116 valence electrons. The van der Waals surface area contributed by atoms with Crippen LogP contribution in [0.3, 0.4) is 0 Å². The van der Waals surface area contributed by atoms with Gasteiger partial charge in [-0.15, -0.1) is 10.2 Å². The van der Waals surface area contributed by atoms with Crippen LogP contribution in [0.25, 0.3) is 0 Å². The van der Waals surface area contributed by atoms with Crippen molar-refractivity contribution in [2.45, 2.75) is 38.6 Å². The molecule has 1 amide bonds. The Balaban J connectivity index is 1.67. The van der Waals surface area contributed by atoms with Crippen molar-refractivity contribution < 1.29 is 4.79 Å². The first-order valence-corrected chi connectivity index (χ1v) is 8.09. The molecule has 1 aliphatic rings. The third-order valence-corrected chi connectivity index (χ3v) is 4.57. The fraction of sp³-hybridized carbons (Fsp3) is 0.500. The standard InChI is InChI=1S/C14H18N6OS/c1-8-16-7-9-10(17-8)4-3-5-11(9)18-12(21)6-13-19-20-14(15-2)22-13/h7,11H,3-6H2,1-2H3,(H,15,20)(H,18,21). The lowest BCUT2D eigenvalue weighted by atomic mass is 9.92. The molecule has 1 unspecified atom stereocenters. The summed E-state index contributed by atoms with van der Waals surface area (Å²) in [6.45, 7) is 1.89. The van der Waals surface area contributed by atoms with Crippen molar-refractivity contribution in [2.24, 2.45) is 0 Å². The average Bonchev–Trinajstić information content (AvgIpc) is 2.94. The first-order valence-electron chi connectivity index (χ1n) is 7.27. The van der Waals surface area contributed by atoms with Crippen molar-refractivity contribution >= 4 is 22.4 Å². The summed E-state index contributed by atoms with van der Waals surface area (Å²) in [5.74, 6) is 0.733. The number of aromatic nitrogens is 4. The van der Waals surface area contributed by atoms with Gasteiger partial charge in [-0.1, -0.05) is 11.3 Å². The quantitative estimate of drug-likeness (QED) is 0.885. The molecule has 0 saturated carbocycles. The van der Waals surface area contributed by atoms with Crippen LogP contribution < -0.4 is 10.6 Å². The monoisotopic (exact) mass is 318 g/mol. The van der Waals surface area contributed by atoms with E-state index in [0.717, 1.165) is 41.5 Å². The van der Waals surface area contributed by atoms with Gasteiger partial charge in [0, 0.05) is 24.5 Å². The van der Waals surface area contributed by atoms with Gasteiger partial charge in [0.2, 0.25) is 11.0 Å². The number of anilines is 1. The molecule has 0 spiro atoms. The summed E-state index contributed by atoms with van der Waals surface area (Å²) >= 11 is 1.39. The topological polar surface area (TPSA) is 92.7 Å². The van der Waals surface area contributed by atoms with Gasteiger partial charge in [-0.25, -0.2) is 9.97 Å². The Morgan fingerprint density at radius 2 is 2.32 bits per heavy atom. The number of rotatable bonds is 4. The zero-order valence-corrected chi connectivity index (χ0v) is 13.4. The molecule has 0 fully saturated rings. The molecule has 2 aromatic heterocycles. The van der Waals surface area contributed by atoms with E-state index in [9.17, 15) is 4.79 Å². The predicted octanol–water partition coefficient (Wildman–Crippen LogP) is 1.41. The lowest BCUT2D eigenvalue weighted by Gasteiger charge is -2.25. The van der Waals surface area contributed by atoms with Gasteiger partial charge in [0.25, 0.3) is 0 Å². The van der Waals surface area contributed by atoms with E-state index in [0.29, 0.717) is 5.01 Å². The van der Waals surface area contributed by atoms with Crippen LogP contribution in [-0.4, -0.2) is 33.1 Å². The van der Waals surface area contributed by atoms with Gasteiger partial charge in [0.15, 0.2) is 0 Å². The molecule has 1 atom stereocenters. The van der Waals surface area contributed by atoms with E-state index in [1.807, 2.05) is 13.1 Å². The summed E-state index contributed by atoms with van der Waals surface area (Å²) in [5, 5.41) is 15.3. The number of hydrogen-bond acceptors (Lipinski definition) is 7. The van der Waals surface area contributed by atoms with Crippen molar-refractivity contribution in [3.63, 3.8) is 0 Å². The van der Waals surface area contributed by atoms with Crippen LogP contribution >= 0.6 is 11.3 Å². The lowest BCUT2D eigenvalue weighted by molar-refractivity contribution is -0.121. The molecule has 2 N–H and O–H groups in total. The smallest absolute Gasteiger partial charge is 0.227 e. The molecule has 3 rings (SSSR count). The molecule has 2 heterocycles. The van der Waals surface area contributed by atoms with Crippen molar-refractivity contribution in [3.05, 3.63) is 28.3 Å². The molecule has 0 radical (unpaired) electrons. The Hall–Kier alpha value is -2.09. The summed E-state index contributed by atoms with van der Waals surface area (Å²) in [6.07, 6.45) is 4.98. The van der Waals surface area contributed by atoms with Crippen LogP contribution in [0.5, 0.6) is 0 Å². The molecule has 22 heavy (non-hydrogen) atoms. The Bertz CT molecular complexity index is 686. The second-order valence-corrected chi connectivity index (χ2v) is 6.32. The zero-order chi connectivity index (χ0) is 15.5. The molecular weight excluding hydrogens is 300 g/mol. The molecule has 1 aliphatic carbocycles. The van der Waals surface area contributed by atoms with E-state index < -0.39 is 0 Å². The summed E-state index contributed by atoms with van der Waals surface area (Å²) in [7, 11) is 1.78. The molecular formula is C14H18N6OS. The van der Waals surface area contributed by atoms with Crippen LogP contribution in [0.15, 0.2) is 6.20 Å². The maximum absolute atomic E-state index is 12.2. The third kappa shape index (κ3) is 3.22. The minimum absolute atomic E-state index is 0.00598. The molecule has 0 aliphatic heterocycles. The predicted molar refractivity (Wildman–Crippen MR) is 83.8 cm³/mol. The van der Waals surface area contributed by atoms with Crippen molar-refractivity contribution in [1.82, 2.24) is 25.5 Å². The van der Waals surface area contributed by atoms with Crippen molar-refractivity contribution in [3.8, 4) is 0 Å². The minimum atomic E-state index is -0.0442. The summed E-state index contributed by atoms with van der Waals surface area (Å²) in [6, 6.07) is -0.00598. The van der Waals surface area contributed by atoms with E-state index in [4.69, 9.17) is 0 Å². The first kappa shape index (κ1) is 14.8. The Morgan fingerprint density at radius 1 is 1.45 bits per heavy atom. The summed E-state index contributed by atoms with van der Waals surface area (Å²) in [4.78, 5) is 21.0. The Kier molecular flexibility index (Phi) is 4.28. The number of hydrogen-bond donors (Lipinski definition) is 2. The lowest BCUT2D eigenvalue weighted by Crippen LogP contribution is -2.32. The highest BCUT2D eigenvalue weighted by Crippen LogP contribution is 2.28. The van der Waals surface area contributed by atoms with Crippen molar-refractivity contribution in [1.29, 1.82) is 0 Å². The second-order valence-electron chi connectivity index (χ2n) is 5.26. The highest BCUT2D eigenvalue weighted by molar-refractivity contribution is 7.15. The van der Waals surface area contributed by atoms with Gasteiger partial charge in [-0.2, -0.15) is 0 Å². The molecule has 2 aromatic rings. The Labute approximate surface area is 132 Å². The van der Waals surface area contributed by atoms with E-state index in [1.54, 1.807) is 7.05 Å². The second kappa shape index (κ2) is 6.35. The molecule has 0 saturated heterocycles. The number of aryl methyl sites for hydroxylation is 2. The van der Waals surface area contributed by atoms with Gasteiger partial charge >= 0.3 is 0 Å². The van der Waals surface area contributed by atoms with Crippen LogP contribution in [0.1, 0.15) is 41.0 Å². The fourth-order valence-electron chi connectivity index (χ4n) is 2.61. The number of fused-ring (bicyclic) bond motifs is 1. The maximum atomic E-state index is 12.2. The van der Waals surface area contributed by atoms with Crippen LogP contribution in [0.4, 0.5) is 5.13 Å². The van der Waals surface area contributed by atoms with E-state index in [-0.39, 0.29) is 18.4 Å². The average molecular weight is 318 g/mol. The van der Waals surface area contributed by atoms with Gasteiger partial charge in [-0.3, -0.25) is 4.79 Å². The van der Waals surface area contributed by atoms with E-state index >= 15 is 0 Å². The number of nitrogens with zero attached hydrogens (tertiary/aromatic N) is 4.